The Bertz CT molecular complexity index is 984. The van der Waals surface area contributed by atoms with Crippen LogP contribution in [0.2, 0.25) is 0 Å². The highest BCUT2D eigenvalue weighted by Crippen LogP contribution is 2.26. The van der Waals surface area contributed by atoms with Crippen molar-refractivity contribution in [3.63, 3.8) is 0 Å². The van der Waals surface area contributed by atoms with Gasteiger partial charge in [-0.15, -0.1) is 11.3 Å². The van der Waals surface area contributed by atoms with Crippen LogP contribution in [0.3, 0.4) is 0 Å². The fourth-order valence-corrected chi connectivity index (χ4v) is 4.75. The zero-order valence-electron chi connectivity index (χ0n) is 17.6. The number of rotatable bonds is 4. The minimum absolute atomic E-state index is 0.105. The molecule has 0 saturated carbocycles. The maximum absolute atomic E-state index is 12.9. The molecule has 2 aromatic heterocycles. The summed E-state index contributed by atoms with van der Waals surface area (Å²) >= 11 is 1.75. The third kappa shape index (κ3) is 4.70. The molecule has 4 rings (SSSR count). The van der Waals surface area contributed by atoms with E-state index in [1.807, 2.05) is 23.2 Å². The van der Waals surface area contributed by atoms with E-state index in [9.17, 15) is 4.79 Å². The van der Waals surface area contributed by atoms with E-state index in [0.29, 0.717) is 6.54 Å². The summed E-state index contributed by atoms with van der Waals surface area (Å²) in [5.74, 6) is 0.205. The summed E-state index contributed by atoms with van der Waals surface area (Å²) in [7, 11) is 0. The number of fused-ring (bicyclic) bond motifs is 1. The van der Waals surface area contributed by atoms with Crippen molar-refractivity contribution >= 4 is 28.1 Å². The molecule has 1 saturated heterocycles. The topological polar surface area (TPSA) is 41.4 Å². The smallest absolute Gasteiger partial charge is 0.242 e. The molecule has 6 heteroatoms. The van der Waals surface area contributed by atoms with Crippen LogP contribution in [-0.2, 0) is 23.3 Å². The Morgan fingerprint density at radius 2 is 1.93 bits per heavy atom. The average molecular weight is 411 g/mol. The first-order chi connectivity index (χ1) is 13.9. The third-order valence-corrected chi connectivity index (χ3v) is 6.82. The lowest BCUT2D eigenvalue weighted by Gasteiger charge is -2.22. The van der Waals surface area contributed by atoms with Crippen LogP contribution in [0, 0.1) is 0 Å². The summed E-state index contributed by atoms with van der Waals surface area (Å²) in [6.45, 7) is 11.4. The molecule has 0 aliphatic carbocycles. The van der Waals surface area contributed by atoms with Gasteiger partial charge in [0.15, 0.2) is 0 Å². The van der Waals surface area contributed by atoms with Crippen LogP contribution >= 0.6 is 11.3 Å². The standard InChI is InChI=1S/C23H30N4OS/c1-23(2,3)22-24-19(17-29-22)15-25-10-6-11-26(14-13-25)21(28)16-27-12-9-18-7-4-5-8-20(18)27/h4-5,7-9,12,17H,6,10-11,13-16H2,1-3H3. The zero-order chi connectivity index (χ0) is 20.4. The first-order valence-electron chi connectivity index (χ1n) is 10.4. The Morgan fingerprint density at radius 1 is 1.10 bits per heavy atom. The molecule has 1 amide bonds. The van der Waals surface area contributed by atoms with Crippen molar-refractivity contribution in [1.82, 2.24) is 19.4 Å². The van der Waals surface area contributed by atoms with Gasteiger partial charge in [0, 0.05) is 55.2 Å². The van der Waals surface area contributed by atoms with Gasteiger partial charge < -0.3 is 9.47 Å². The van der Waals surface area contributed by atoms with Gasteiger partial charge in [0.1, 0.15) is 6.54 Å². The second-order valence-electron chi connectivity index (χ2n) is 8.91. The predicted octanol–water partition coefficient (Wildman–Crippen LogP) is 4.13. The van der Waals surface area contributed by atoms with Gasteiger partial charge in [-0.3, -0.25) is 9.69 Å². The van der Waals surface area contributed by atoms with E-state index in [1.165, 1.54) is 10.4 Å². The van der Waals surface area contributed by atoms with E-state index in [-0.39, 0.29) is 11.3 Å². The van der Waals surface area contributed by atoms with Gasteiger partial charge >= 0.3 is 0 Å². The number of benzene rings is 1. The molecule has 0 spiro atoms. The van der Waals surface area contributed by atoms with E-state index < -0.39 is 0 Å². The first kappa shape index (κ1) is 20.1. The maximum atomic E-state index is 12.9. The third-order valence-electron chi connectivity index (χ3n) is 5.51. The number of amides is 1. The van der Waals surface area contributed by atoms with Gasteiger partial charge in [0.25, 0.3) is 0 Å². The van der Waals surface area contributed by atoms with Crippen LogP contribution < -0.4 is 0 Å². The summed E-state index contributed by atoms with van der Waals surface area (Å²) in [4.78, 5) is 22.2. The molecule has 0 N–H and O–H groups in total. The zero-order valence-corrected chi connectivity index (χ0v) is 18.4. The summed E-state index contributed by atoms with van der Waals surface area (Å²) < 4.78 is 2.06. The SMILES string of the molecule is CC(C)(C)c1nc(CN2CCCN(C(=O)Cn3ccc4ccccc43)CC2)cs1. The van der Waals surface area contributed by atoms with Gasteiger partial charge in [-0.05, 0) is 23.9 Å². The van der Waals surface area contributed by atoms with E-state index in [2.05, 4.69) is 53.8 Å². The molecular formula is C23H30N4OS. The summed E-state index contributed by atoms with van der Waals surface area (Å²) in [6.07, 6.45) is 3.02. The number of carbonyl (C=O) groups excluding carboxylic acids is 1. The number of para-hydroxylation sites is 1. The van der Waals surface area contributed by atoms with Crippen LogP contribution in [0.4, 0.5) is 0 Å². The normalized spacial score (nSPS) is 16.3. The van der Waals surface area contributed by atoms with Crippen LogP contribution in [-0.4, -0.2) is 51.4 Å². The largest absolute Gasteiger partial charge is 0.340 e. The van der Waals surface area contributed by atoms with Gasteiger partial charge in [0.2, 0.25) is 5.91 Å². The van der Waals surface area contributed by atoms with Crippen LogP contribution in [0.25, 0.3) is 10.9 Å². The molecule has 0 atom stereocenters. The Morgan fingerprint density at radius 3 is 2.72 bits per heavy atom. The van der Waals surface area contributed by atoms with Crippen molar-refractivity contribution in [2.45, 2.75) is 45.7 Å². The Labute approximate surface area is 177 Å². The number of carbonyl (C=O) groups is 1. The molecule has 3 aromatic rings. The highest BCUT2D eigenvalue weighted by Gasteiger charge is 2.22. The fourth-order valence-electron chi connectivity index (χ4n) is 3.86. The fraction of sp³-hybridized carbons (Fsp3) is 0.478. The van der Waals surface area contributed by atoms with E-state index in [4.69, 9.17) is 4.98 Å². The molecule has 0 unspecified atom stereocenters. The molecule has 0 bridgehead atoms. The van der Waals surface area contributed by atoms with E-state index in [0.717, 1.165) is 50.4 Å². The highest BCUT2D eigenvalue weighted by atomic mass is 32.1. The van der Waals surface area contributed by atoms with Crippen LogP contribution in [0.1, 0.15) is 37.9 Å². The Hall–Kier alpha value is -2.18. The van der Waals surface area contributed by atoms with Gasteiger partial charge in [-0.2, -0.15) is 0 Å². The maximum Gasteiger partial charge on any atom is 0.242 e. The number of nitrogens with zero attached hydrogens (tertiary/aromatic N) is 4. The molecule has 5 nitrogen and oxygen atoms in total. The molecule has 0 radical (unpaired) electrons. The summed E-state index contributed by atoms with van der Waals surface area (Å²) in [5, 5.41) is 4.56. The lowest BCUT2D eigenvalue weighted by Crippen LogP contribution is -2.37. The van der Waals surface area contributed by atoms with Gasteiger partial charge in [-0.1, -0.05) is 39.0 Å². The molecular weight excluding hydrogens is 380 g/mol. The molecule has 1 aliphatic heterocycles. The number of hydrogen-bond donors (Lipinski definition) is 0. The molecule has 1 aliphatic rings. The number of aromatic nitrogens is 2. The number of hydrogen-bond acceptors (Lipinski definition) is 4. The monoisotopic (exact) mass is 410 g/mol. The number of thiazole rings is 1. The second kappa shape index (κ2) is 8.28. The molecule has 1 fully saturated rings. The molecule has 29 heavy (non-hydrogen) atoms. The van der Waals surface area contributed by atoms with Crippen molar-refractivity contribution < 1.29 is 4.79 Å². The van der Waals surface area contributed by atoms with Crippen LogP contribution in [0.15, 0.2) is 41.9 Å². The van der Waals surface area contributed by atoms with E-state index in [1.54, 1.807) is 11.3 Å². The quantitative estimate of drug-likeness (QED) is 0.649. The average Bonchev–Trinajstić information content (AvgIpc) is 3.24. The lowest BCUT2D eigenvalue weighted by molar-refractivity contribution is -0.131. The van der Waals surface area contributed by atoms with Crippen molar-refractivity contribution in [2.24, 2.45) is 0 Å². The first-order valence-corrected chi connectivity index (χ1v) is 11.3. The molecule has 1 aromatic carbocycles. The minimum atomic E-state index is 0.105. The highest BCUT2D eigenvalue weighted by molar-refractivity contribution is 7.09. The summed E-state index contributed by atoms with van der Waals surface area (Å²) in [5.41, 5.74) is 2.38. The van der Waals surface area contributed by atoms with Crippen molar-refractivity contribution in [1.29, 1.82) is 0 Å². The summed E-state index contributed by atoms with van der Waals surface area (Å²) in [6, 6.07) is 10.3. The van der Waals surface area contributed by atoms with Gasteiger partial charge in [0.05, 0.1) is 10.7 Å². The van der Waals surface area contributed by atoms with Crippen molar-refractivity contribution in [3.05, 3.63) is 52.6 Å². The predicted molar refractivity (Wildman–Crippen MR) is 119 cm³/mol. The minimum Gasteiger partial charge on any atom is -0.340 e. The Kier molecular flexibility index (Phi) is 5.74. The van der Waals surface area contributed by atoms with E-state index >= 15 is 0 Å². The molecule has 3 heterocycles. The van der Waals surface area contributed by atoms with Crippen molar-refractivity contribution in [3.8, 4) is 0 Å². The molecule has 154 valence electrons. The van der Waals surface area contributed by atoms with Crippen molar-refractivity contribution in [2.75, 3.05) is 26.2 Å². The Balaban J connectivity index is 1.34. The lowest BCUT2D eigenvalue weighted by atomic mass is 9.98. The van der Waals surface area contributed by atoms with Gasteiger partial charge in [-0.25, -0.2) is 4.98 Å². The second-order valence-corrected chi connectivity index (χ2v) is 9.77. The van der Waals surface area contributed by atoms with Crippen LogP contribution in [0.5, 0.6) is 0 Å².